The van der Waals surface area contributed by atoms with Crippen molar-refractivity contribution in [2.45, 2.75) is 49.7 Å². The van der Waals surface area contributed by atoms with Crippen molar-refractivity contribution >= 4 is 23.6 Å². The maximum absolute atomic E-state index is 12.9. The maximum atomic E-state index is 12.9. The number of thioether (sulfide) groups is 1. The molecule has 2 aromatic carbocycles. The average molecular weight is 473 g/mol. The lowest BCUT2D eigenvalue weighted by atomic mass is 9.95. The van der Waals surface area contributed by atoms with Crippen LogP contribution in [0.2, 0.25) is 0 Å². The summed E-state index contributed by atoms with van der Waals surface area (Å²) in [5.41, 5.74) is 2.32. The van der Waals surface area contributed by atoms with Crippen molar-refractivity contribution < 1.29 is 19.1 Å². The van der Waals surface area contributed by atoms with Crippen LogP contribution < -0.4 is 5.32 Å². The van der Waals surface area contributed by atoms with Gasteiger partial charge >= 0.3 is 0 Å². The van der Waals surface area contributed by atoms with E-state index in [2.05, 4.69) is 5.32 Å². The number of carbonyl (C=O) groups excluding carboxylic acids is 2. The minimum absolute atomic E-state index is 0.0278. The van der Waals surface area contributed by atoms with Gasteiger partial charge in [0.2, 0.25) is 11.8 Å². The molecular weight excluding hydrogens is 439 g/mol. The Morgan fingerprint density at radius 1 is 1.00 bits per heavy atom. The first-order chi connectivity index (χ1) is 16.1. The van der Waals surface area contributed by atoms with E-state index in [-0.39, 0.29) is 42.1 Å². The zero-order valence-corrected chi connectivity index (χ0v) is 19.7. The molecule has 2 atom stereocenters. The molecule has 0 saturated carbocycles. The molecule has 1 heterocycles. The van der Waals surface area contributed by atoms with Crippen molar-refractivity contribution in [3.05, 3.63) is 71.5 Å². The summed E-state index contributed by atoms with van der Waals surface area (Å²) < 4.78 is 12.9. The number of nitrogens with zero attached hydrogens (tertiary/aromatic N) is 1. The highest BCUT2D eigenvalue weighted by atomic mass is 32.2. The molecule has 178 valence electrons. The third-order valence-electron chi connectivity index (χ3n) is 5.90. The zero-order chi connectivity index (χ0) is 23.5. The predicted molar refractivity (Wildman–Crippen MR) is 130 cm³/mol. The minimum Gasteiger partial charge on any atom is -0.396 e. The topological polar surface area (TPSA) is 69.6 Å². The molecule has 1 aliphatic heterocycles. The number of benzene rings is 2. The fourth-order valence-corrected chi connectivity index (χ4v) is 5.43. The molecule has 0 radical (unpaired) electrons. The third kappa shape index (κ3) is 7.86. The Hall–Kier alpha value is -2.38. The Morgan fingerprint density at radius 3 is 2.45 bits per heavy atom. The fourth-order valence-electron chi connectivity index (χ4n) is 4.03. The van der Waals surface area contributed by atoms with E-state index in [1.54, 1.807) is 16.7 Å². The van der Waals surface area contributed by atoms with Gasteiger partial charge in [-0.15, -0.1) is 11.8 Å². The largest absolute Gasteiger partial charge is 0.396 e. The molecule has 0 unspecified atom stereocenters. The highest BCUT2D eigenvalue weighted by Crippen LogP contribution is 2.38. The number of carbonyl (C=O) groups is 2. The monoisotopic (exact) mass is 472 g/mol. The van der Waals surface area contributed by atoms with Crippen molar-refractivity contribution in [1.29, 1.82) is 0 Å². The molecule has 1 saturated heterocycles. The van der Waals surface area contributed by atoms with E-state index in [1.807, 2.05) is 42.5 Å². The van der Waals surface area contributed by atoms with Crippen LogP contribution in [0.3, 0.4) is 0 Å². The molecular formula is C26H33FN2O3S. The number of aliphatic hydroxyl groups is 1. The molecule has 0 spiro atoms. The lowest BCUT2D eigenvalue weighted by Crippen LogP contribution is -2.61. The second-order valence-electron chi connectivity index (χ2n) is 8.41. The Bertz CT molecular complexity index is 879. The Labute approximate surface area is 199 Å². The van der Waals surface area contributed by atoms with Gasteiger partial charge in [0.05, 0.1) is 11.3 Å². The van der Waals surface area contributed by atoms with Crippen LogP contribution in [0.1, 0.15) is 43.2 Å². The zero-order valence-electron chi connectivity index (χ0n) is 18.9. The van der Waals surface area contributed by atoms with E-state index in [1.165, 1.54) is 17.7 Å². The normalized spacial score (nSPS) is 17.6. The van der Waals surface area contributed by atoms with E-state index in [0.29, 0.717) is 13.0 Å². The van der Waals surface area contributed by atoms with Gasteiger partial charge in [0.1, 0.15) is 12.4 Å². The maximum Gasteiger partial charge on any atom is 0.239 e. The SMILES string of the molecule is O=C(CN1C(=O)[C@H](CCO)[C@H]1SCc1ccccc1)NCCCCCCc1ccc(F)cc1. The molecule has 2 N–H and O–H groups in total. The predicted octanol–water partition coefficient (Wildman–Crippen LogP) is 4.15. The van der Waals surface area contributed by atoms with Crippen LogP contribution in [0.25, 0.3) is 0 Å². The van der Waals surface area contributed by atoms with E-state index >= 15 is 0 Å². The van der Waals surface area contributed by atoms with Crippen molar-refractivity contribution in [1.82, 2.24) is 10.2 Å². The number of nitrogens with one attached hydrogen (secondary N) is 1. The van der Waals surface area contributed by atoms with Crippen LogP contribution in [0.4, 0.5) is 4.39 Å². The molecule has 1 fully saturated rings. The Balaban J connectivity index is 1.32. The highest BCUT2D eigenvalue weighted by Gasteiger charge is 2.47. The first-order valence-corrected chi connectivity index (χ1v) is 12.7. The number of unbranched alkanes of at least 4 members (excludes halogenated alkanes) is 3. The molecule has 0 aromatic heterocycles. The molecule has 2 aromatic rings. The summed E-state index contributed by atoms with van der Waals surface area (Å²) in [5, 5.41) is 12.1. The second kappa shape index (κ2) is 13.4. The third-order valence-corrected chi connectivity index (χ3v) is 7.32. The summed E-state index contributed by atoms with van der Waals surface area (Å²) in [6.07, 6.45) is 5.36. The van der Waals surface area contributed by atoms with E-state index in [4.69, 9.17) is 0 Å². The van der Waals surface area contributed by atoms with E-state index < -0.39 is 0 Å². The van der Waals surface area contributed by atoms with E-state index in [9.17, 15) is 19.1 Å². The summed E-state index contributed by atoms with van der Waals surface area (Å²) >= 11 is 1.65. The molecule has 2 amide bonds. The average Bonchev–Trinajstić information content (AvgIpc) is 2.83. The molecule has 7 heteroatoms. The molecule has 0 bridgehead atoms. The van der Waals surface area contributed by atoms with Gasteiger partial charge in [0.15, 0.2) is 0 Å². The summed E-state index contributed by atoms with van der Waals surface area (Å²) in [5.74, 6) is 0.140. The second-order valence-corrected chi connectivity index (χ2v) is 9.52. The molecule has 1 aliphatic rings. The number of likely N-dealkylation sites (tertiary alicyclic amines) is 1. The summed E-state index contributed by atoms with van der Waals surface area (Å²) in [6, 6.07) is 16.7. The number of hydrogen-bond donors (Lipinski definition) is 2. The number of aliphatic hydroxyl groups excluding tert-OH is 1. The number of amides is 2. The van der Waals surface area contributed by atoms with Crippen molar-refractivity contribution in [2.75, 3.05) is 19.7 Å². The number of aryl methyl sites for hydroxylation is 1. The van der Waals surface area contributed by atoms with Gasteiger partial charge in [-0.05, 0) is 48.9 Å². The van der Waals surface area contributed by atoms with Gasteiger partial charge in [0.25, 0.3) is 0 Å². The highest BCUT2D eigenvalue weighted by molar-refractivity contribution is 7.99. The molecule has 5 nitrogen and oxygen atoms in total. The standard InChI is InChI=1S/C26H33FN2O3S/c27-22-13-11-20(12-14-22)8-4-1-2-7-16-28-24(31)18-29-25(32)23(15-17-30)26(29)33-19-21-9-5-3-6-10-21/h3,5-6,9-14,23,26,30H,1-2,4,7-8,15-19H2,(H,28,31)/t23-,26+/m0/s1. The van der Waals surface area contributed by atoms with E-state index in [0.717, 1.165) is 43.4 Å². The fraction of sp³-hybridized carbons (Fsp3) is 0.462. The van der Waals surface area contributed by atoms with Gasteiger partial charge in [-0.3, -0.25) is 9.59 Å². The van der Waals surface area contributed by atoms with Crippen LogP contribution in [0.5, 0.6) is 0 Å². The number of hydrogen-bond acceptors (Lipinski definition) is 4. The van der Waals surface area contributed by atoms with Crippen LogP contribution in [0.15, 0.2) is 54.6 Å². The summed E-state index contributed by atoms with van der Waals surface area (Å²) in [6.45, 7) is 0.636. The number of β-lactam (4-membered cyclic amide) rings is 1. The lowest BCUT2D eigenvalue weighted by molar-refractivity contribution is -0.154. The van der Waals surface area contributed by atoms with Crippen LogP contribution in [-0.4, -0.2) is 46.9 Å². The van der Waals surface area contributed by atoms with Gasteiger partial charge < -0.3 is 15.3 Å². The summed E-state index contributed by atoms with van der Waals surface area (Å²) in [7, 11) is 0. The van der Waals surface area contributed by atoms with Gasteiger partial charge in [-0.2, -0.15) is 0 Å². The number of rotatable bonds is 14. The van der Waals surface area contributed by atoms with Gasteiger partial charge in [-0.1, -0.05) is 55.3 Å². The smallest absolute Gasteiger partial charge is 0.239 e. The molecule has 3 rings (SSSR count). The first-order valence-electron chi connectivity index (χ1n) is 11.7. The lowest BCUT2D eigenvalue weighted by Gasteiger charge is -2.46. The van der Waals surface area contributed by atoms with Gasteiger partial charge in [-0.25, -0.2) is 4.39 Å². The van der Waals surface area contributed by atoms with Crippen molar-refractivity contribution in [2.24, 2.45) is 5.92 Å². The number of halogens is 1. The minimum atomic E-state index is -0.224. The van der Waals surface area contributed by atoms with Crippen LogP contribution in [0, 0.1) is 11.7 Å². The summed E-state index contributed by atoms with van der Waals surface area (Å²) in [4.78, 5) is 26.5. The quantitative estimate of drug-likeness (QED) is 0.320. The Kier molecular flexibility index (Phi) is 10.2. The van der Waals surface area contributed by atoms with Gasteiger partial charge in [0, 0.05) is 18.9 Å². The Morgan fingerprint density at radius 2 is 1.73 bits per heavy atom. The van der Waals surface area contributed by atoms with Crippen molar-refractivity contribution in [3.8, 4) is 0 Å². The molecule has 33 heavy (non-hydrogen) atoms. The van der Waals surface area contributed by atoms with Crippen LogP contribution >= 0.6 is 11.8 Å². The van der Waals surface area contributed by atoms with Crippen molar-refractivity contribution in [3.63, 3.8) is 0 Å². The first kappa shape index (κ1) is 25.2. The molecule has 0 aliphatic carbocycles. The van der Waals surface area contributed by atoms with Crippen LogP contribution in [-0.2, 0) is 21.8 Å².